The summed E-state index contributed by atoms with van der Waals surface area (Å²) in [7, 11) is 0. The van der Waals surface area contributed by atoms with Gasteiger partial charge in [0.05, 0.1) is 35.8 Å². The van der Waals surface area contributed by atoms with Crippen molar-refractivity contribution in [2.24, 2.45) is 17.8 Å². The molecule has 3 aliphatic rings. The second-order valence-corrected chi connectivity index (χ2v) is 13.5. The number of aliphatic hydroxyl groups is 1. The Morgan fingerprint density at radius 1 is 1.38 bits per heavy atom. The molecule has 1 spiro atoms. The first kappa shape index (κ1) is 28.5. The summed E-state index contributed by atoms with van der Waals surface area (Å²) in [6.45, 7) is 9.82. The Bertz CT molecular complexity index is 1060. The van der Waals surface area contributed by atoms with Crippen LogP contribution in [0.25, 0.3) is 0 Å². The molecule has 37 heavy (non-hydrogen) atoms. The number of halogens is 2. The summed E-state index contributed by atoms with van der Waals surface area (Å²) < 4.78 is 4.60. The number of esters is 1. The molecule has 3 fully saturated rings. The average molecular weight is 614 g/mol. The number of aliphatic hydroxyl groups excluding tert-OH is 1. The van der Waals surface area contributed by atoms with Gasteiger partial charge in [-0.2, -0.15) is 0 Å². The summed E-state index contributed by atoms with van der Waals surface area (Å²) in [6.07, 6.45) is 2.74. The summed E-state index contributed by atoms with van der Waals surface area (Å²) in [4.78, 5) is 45.1. The van der Waals surface area contributed by atoms with Crippen LogP contribution < -0.4 is 4.90 Å². The zero-order valence-corrected chi connectivity index (χ0v) is 24.5. The molecular weight excluding hydrogens is 580 g/mol. The number of carbonyl (C=O) groups is 3. The van der Waals surface area contributed by atoms with Crippen molar-refractivity contribution in [3.05, 3.63) is 41.9 Å². The first-order chi connectivity index (χ1) is 17.6. The molecule has 2 bridgehead atoms. The van der Waals surface area contributed by atoms with Gasteiger partial charge in [0.2, 0.25) is 5.91 Å². The van der Waals surface area contributed by atoms with Crippen molar-refractivity contribution in [3.8, 4) is 0 Å². The van der Waals surface area contributed by atoms with Crippen molar-refractivity contribution in [1.29, 1.82) is 0 Å². The summed E-state index contributed by atoms with van der Waals surface area (Å²) in [5.74, 6) is -2.06. The van der Waals surface area contributed by atoms with Gasteiger partial charge < -0.3 is 19.6 Å². The highest BCUT2D eigenvalue weighted by Crippen LogP contribution is 2.68. The molecule has 0 radical (unpaired) electrons. The van der Waals surface area contributed by atoms with E-state index in [-0.39, 0.29) is 47.6 Å². The van der Waals surface area contributed by atoms with Gasteiger partial charge in [0.15, 0.2) is 0 Å². The van der Waals surface area contributed by atoms with E-state index < -0.39 is 34.6 Å². The van der Waals surface area contributed by atoms with Crippen LogP contribution in [0.5, 0.6) is 0 Å². The minimum absolute atomic E-state index is 0.0488. The lowest BCUT2D eigenvalue weighted by molar-refractivity contribution is -0.154. The molecule has 1 aromatic rings. The molecule has 3 heterocycles. The highest BCUT2D eigenvalue weighted by molar-refractivity contribution is 9.09. The van der Waals surface area contributed by atoms with Crippen molar-refractivity contribution in [1.82, 2.24) is 4.90 Å². The summed E-state index contributed by atoms with van der Waals surface area (Å²) in [5.41, 5.74) is 0.640. The van der Waals surface area contributed by atoms with Gasteiger partial charge in [-0.05, 0) is 49.9 Å². The van der Waals surface area contributed by atoms with E-state index >= 15 is 0 Å². The number of hydrogen-bond acceptors (Lipinski definition) is 6. The number of amides is 2. The Balaban J connectivity index is 1.84. The highest BCUT2D eigenvalue weighted by atomic mass is 79.9. The van der Waals surface area contributed by atoms with Crippen LogP contribution >= 0.6 is 39.3 Å². The molecule has 0 saturated carbocycles. The van der Waals surface area contributed by atoms with E-state index in [0.717, 1.165) is 0 Å². The van der Waals surface area contributed by atoms with Crippen molar-refractivity contribution in [2.75, 3.05) is 24.7 Å². The van der Waals surface area contributed by atoms with Crippen LogP contribution in [0.2, 0.25) is 5.02 Å². The highest BCUT2D eigenvalue weighted by Gasteiger charge is 2.76. The third kappa shape index (κ3) is 4.85. The van der Waals surface area contributed by atoms with Crippen LogP contribution in [0.4, 0.5) is 5.69 Å². The van der Waals surface area contributed by atoms with Gasteiger partial charge in [0, 0.05) is 27.3 Å². The van der Waals surface area contributed by atoms with Crippen LogP contribution in [0.3, 0.4) is 0 Å². The van der Waals surface area contributed by atoms with Gasteiger partial charge in [-0.3, -0.25) is 14.4 Å². The third-order valence-electron chi connectivity index (χ3n) is 7.58. The van der Waals surface area contributed by atoms with Gasteiger partial charge >= 0.3 is 5.97 Å². The van der Waals surface area contributed by atoms with Crippen LogP contribution in [-0.4, -0.2) is 74.5 Å². The van der Waals surface area contributed by atoms with E-state index in [1.54, 1.807) is 58.8 Å². The van der Waals surface area contributed by atoms with Crippen LogP contribution in [-0.2, 0) is 19.1 Å². The average Bonchev–Trinajstić information content (AvgIpc) is 3.45. The molecule has 10 heteroatoms. The predicted octanol–water partition coefficient (Wildman–Crippen LogP) is 4.29. The fourth-order valence-corrected chi connectivity index (χ4v) is 10.00. The molecule has 7 atom stereocenters. The third-order valence-corrected chi connectivity index (χ3v) is 11.1. The number of carbonyl (C=O) groups excluding carboxylic acids is 3. The van der Waals surface area contributed by atoms with Gasteiger partial charge in [0.25, 0.3) is 5.91 Å². The smallest absolute Gasteiger partial charge is 0.310 e. The summed E-state index contributed by atoms with van der Waals surface area (Å²) in [6, 6.07) is 5.57. The van der Waals surface area contributed by atoms with Crippen molar-refractivity contribution in [2.45, 2.75) is 60.5 Å². The maximum absolute atomic E-state index is 14.5. The Morgan fingerprint density at radius 2 is 2.05 bits per heavy atom. The minimum Gasteiger partial charge on any atom is -0.466 e. The number of rotatable bonds is 10. The molecule has 2 amide bonds. The van der Waals surface area contributed by atoms with Crippen LogP contribution in [0, 0.1) is 17.8 Å². The fraction of sp³-hybridized carbons (Fsp3) is 0.593. The molecule has 1 N–H and O–H groups in total. The molecule has 3 saturated heterocycles. The van der Waals surface area contributed by atoms with E-state index in [2.05, 4.69) is 22.5 Å². The Hall–Kier alpha value is -1.55. The molecule has 1 aromatic carbocycles. The minimum atomic E-state index is -0.856. The Morgan fingerprint density at radius 3 is 2.62 bits per heavy atom. The lowest BCUT2D eigenvalue weighted by Gasteiger charge is -2.40. The van der Waals surface area contributed by atoms with Crippen LogP contribution in [0.1, 0.15) is 33.6 Å². The zero-order valence-electron chi connectivity index (χ0n) is 21.3. The van der Waals surface area contributed by atoms with Gasteiger partial charge in [-0.15, -0.1) is 18.3 Å². The number of alkyl halides is 1. The standard InChI is InChI=1S/C27H34BrClN2O5S/c1-5-11-30(17-9-7-16(29)8-10-17)25(34)23-27-13-19(28)22(37-27)20(26(35)36-6-2)21(27)24(33)31(23)18(14-32)12-15(3)4/h5,7-10,15,18-23,32H,1,6,11-14H2,2-4H3/t18-,19?,20-,21+,22-,23?,27?/m1/s1. The quantitative estimate of drug-likeness (QED) is 0.241. The van der Waals surface area contributed by atoms with Gasteiger partial charge in [-0.25, -0.2) is 0 Å². The zero-order chi connectivity index (χ0) is 27.1. The monoisotopic (exact) mass is 612 g/mol. The molecule has 202 valence electrons. The van der Waals surface area contributed by atoms with E-state index in [1.807, 2.05) is 13.8 Å². The SMILES string of the molecule is C=CCN(C(=O)C1N([C@@H](CO)CC(C)C)C(=O)[C@@H]2[C@@H](C(=O)OCC)[C@@H]3SC12CC3Br)c1ccc(Cl)cc1. The van der Waals surface area contributed by atoms with E-state index in [1.165, 1.54) is 0 Å². The number of ether oxygens (including phenoxy) is 1. The lowest BCUT2D eigenvalue weighted by Crippen LogP contribution is -2.58. The maximum Gasteiger partial charge on any atom is 0.310 e. The first-order valence-corrected chi connectivity index (χ1v) is 14.9. The number of benzene rings is 1. The van der Waals surface area contributed by atoms with Gasteiger partial charge in [0.1, 0.15) is 6.04 Å². The number of thioether (sulfide) groups is 1. The summed E-state index contributed by atoms with van der Waals surface area (Å²) >= 11 is 11.4. The Labute approximate surface area is 236 Å². The van der Waals surface area contributed by atoms with Gasteiger partial charge in [-0.1, -0.05) is 47.5 Å². The second kappa shape index (κ2) is 11.3. The second-order valence-electron chi connectivity index (χ2n) is 10.3. The molecular formula is C27H34BrClN2O5S. The molecule has 0 aliphatic carbocycles. The van der Waals surface area contributed by atoms with E-state index in [4.69, 9.17) is 16.3 Å². The molecule has 3 unspecified atom stereocenters. The predicted molar refractivity (Wildman–Crippen MR) is 150 cm³/mol. The number of anilines is 1. The number of likely N-dealkylation sites (tertiary alicyclic amines) is 1. The van der Waals surface area contributed by atoms with E-state index in [9.17, 15) is 19.5 Å². The topological polar surface area (TPSA) is 87.2 Å². The largest absolute Gasteiger partial charge is 0.466 e. The maximum atomic E-state index is 14.5. The molecule has 3 aliphatic heterocycles. The molecule has 0 aromatic heterocycles. The van der Waals surface area contributed by atoms with Crippen molar-refractivity contribution >= 4 is 62.8 Å². The fourth-order valence-electron chi connectivity index (χ4n) is 6.29. The van der Waals surface area contributed by atoms with E-state index in [0.29, 0.717) is 23.6 Å². The molecule has 4 rings (SSSR count). The Kier molecular flexibility index (Phi) is 8.68. The first-order valence-electron chi connectivity index (χ1n) is 12.7. The normalized spacial score (nSPS) is 30.9. The van der Waals surface area contributed by atoms with Crippen LogP contribution in [0.15, 0.2) is 36.9 Å². The number of fused-ring (bicyclic) bond motifs is 1. The lowest BCUT2D eigenvalue weighted by atomic mass is 9.71. The molecule has 7 nitrogen and oxygen atoms in total. The number of nitrogens with zero attached hydrogens (tertiary/aromatic N) is 2. The summed E-state index contributed by atoms with van der Waals surface area (Å²) in [5, 5.41) is 10.8. The van der Waals surface area contributed by atoms with Crippen molar-refractivity contribution < 1.29 is 24.2 Å². The number of hydrogen-bond donors (Lipinski definition) is 1. The van der Waals surface area contributed by atoms with Crippen molar-refractivity contribution in [3.63, 3.8) is 0 Å².